The van der Waals surface area contributed by atoms with Crippen molar-refractivity contribution in [3.05, 3.63) is 54.1 Å². The van der Waals surface area contributed by atoms with E-state index in [-0.39, 0.29) is 39.6 Å². The molecule has 1 rings (SSSR count). The van der Waals surface area contributed by atoms with E-state index in [0.29, 0.717) is 42.7 Å². The van der Waals surface area contributed by atoms with E-state index in [4.69, 9.17) is 23.7 Å². The highest BCUT2D eigenvalue weighted by Crippen LogP contribution is 2.13. The number of carbonyl (C=O) groups excluding carboxylic acids is 4. The highest BCUT2D eigenvalue weighted by atomic mass is 16.6. The summed E-state index contributed by atoms with van der Waals surface area (Å²) in [5.74, 6) is -0.440. The standard InChI is InChI=1S/C27H38N2O10/c1-19(2)24(31)35-14-5-12-28-26(33)37-16-11-21-7-9-23(10-8-21)38-17-22(30)18-39-27(34)29-13-6-15-36-25(32)20(3)4/h7-10,22,30H,1,3,5-6,11-18H2,2,4H3,(H,28,33)(H,29,34). The third-order valence-corrected chi connectivity index (χ3v) is 4.74. The fourth-order valence-corrected chi connectivity index (χ4v) is 2.63. The Morgan fingerprint density at radius 1 is 0.769 bits per heavy atom. The van der Waals surface area contributed by atoms with Crippen LogP contribution in [0.25, 0.3) is 0 Å². The fourth-order valence-electron chi connectivity index (χ4n) is 2.63. The van der Waals surface area contributed by atoms with Crippen molar-refractivity contribution in [1.29, 1.82) is 0 Å². The van der Waals surface area contributed by atoms with Crippen LogP contribution in [-0.2, 0) is 35.0 Å². The van der Waals surface area contributed by atoms with Gasteiger partial charge in [0.25, 0.3) is 0 Å². The molecule has 0 fully saturated rings. The van der Waals surface area contributed by atoms with Gasteiger partial charge in [-0.25, -0.2) is 19.2 Å². The van der Waals surface area contributed by atoms with Crippen LogP contribution in [0.5, 0.6) is 5.75 Å². The molecular formula is C27H38N2O10. The first-order valence-electron chi connectivity index (χ1n) is 12.4. The number of nitrogens with one attached hydrogen (secondary N) is 2. The number of ether oxygens (including phenoxy) is 5. The quantitative estimate of drug-likeness (QED) is 0.107. The van der Waals surface area contributed by atoms with Gasteiger partial charge in [0.15, 0.2) is 0 Å². The van der Waals surface area contributed by atoms with Crippen molar-refractivity contribution in [2.24, 2.45) is 0 Å². The van der Waals surface area contributed by atoms with Crippen molar-refractivity contribution < 1.29 is 48.0 Å². The molecule has 3 N–H and O–H groups in total. The van der Waals surface area contributed by atoms with Gasteiger partial charge in [-0.1, -0.05) is 25.3 Å². The molecule has 1 aromatic carbocycles. The van der Waals surface area contributed by atoms with Crippen molar-refractivity contribution >= 4 is 24.1 Å². The normalized spacial score (nSPS) is 10.9. The first-order chi connectivity index (χ1) is 18.6. The van der Waals surface area contributed by atoms with Gasteiger partial charge in [-0.3, -0.25) is 0 Å². The molecule has 0 radical (unpaired) electrons. The molecule has 0 saturated heterocycles. The molecule has 12 nitrogen and oxygen atoms in total. The van der Waals surface area contributed by atoms with Crippen LogP contribution in [0.1, 0.15) is 32.3 Å². The van der Waals surface area contributed by atoms with Crippen molar-refractivity contribution in [3.63, 3.8) is 0 Å². The fraction of sp³-hybridized carbons (Fsp3) is 0.481. The van der Waals surface area contributed by atoms with Gasteiger partial charge in [0.05, 0.1) is 19.8 Å². The lowest BCUT2D eigenvalue weighted by molar-refractivity contribution is -0.139. The summed E-state index contributed by atoms with van der Waals surface area (Å²) in [6.45, 7) is 10.8. The molecule has 0 spiro atoms. The number of aliphatic hydroxyl groups excluding tert-OH is 1. The summed E-state index contributed by atoms with van der Waals surface area (Å²) in [6, 6.07) is 7.03. The molecular weight excluding hydrogens is 512 g/mol. The van der Waals surface area contributed by atoms with Gasteiger partial charge in [-0.15, -0.1) is 0 Å². The van der Waals surface area contributed by atoms with E-state index in [0.717, 1.165) is 5.56 Å². The SMILES string of the molecule is C=C(C)C(=O)OCCCNC(=O)OCCc1ccc(OCC(O)COC(=O)NCCCOC(=O)C(=C)C)cc1. The molecule has 12 heteroatoms. The molecule has 1 atom stereocenters. The Morgan fingerprint density at radius 3 is 1.79 bits per heavy atom. The number of aliphatic hydroxyl groups is 1. The molecule has 39 heavy (non-hydrogen) atoms. The summed E-state index contributed by atoms with van der Waals surface area (Å²) in [4.78, 5) is 45.8. The second kappa shape index (κ2) is 19.1. The Morgan fingerprint density at radius 2 is 1.28 bits per heavy atom. The van der Waals surface area contributed by atoms with E-state index >= 15 is 0 Å². The summed E-state index contributed by atoms with van der Waals surface area (Å²) in [5, 5.41) is 15.0. The van der Waals surface area contributed by atoms with Gasteiger partial charge in [0.2, 0.25) is 0 Å². The molecule has 0 heterocycles. The van der Waals surface area contributed by atoms with Gasteiger partial charge in [-0.2, -0.15) is 0 Å². The predicted molar refractivity (Wildman–Crippen MR) is 141 cm³/mol. The molecule has 0 aliphatic carbocycles. The van der Waals surface area contributed by atoms with Crippen molar-refractivity contribution in [1.82, 2.24) is 10.6 Å². The van der Waals surface area contributed by atoms with Crippen LogP contribution in [0.3, 0.4) is 0 Å². The zero-order valence-electron chi connectivity index (χ0n) is 22.5. The van der Waals surface area contributed by atoms with Crippen LogP contribution in [0.2, 0.25) is 0 Å². The molecule has 1 aromatic rings. The third-order valence-electron chi connectivity index (χ3n) is 4.74. The molecule has 0 aromatic heterocycles. The van der Waals surface area contributed by atoms with E-state index in [9.17, 15) is 24.3 Å². The highest BCUT2D eigenvalue weighted by Gasteiger charge is 2.10. The monoisotopic (exact) mass is 550 g/mol. The minimum atomic E-state index is -1.03. The van der Waals surface area contributed by atoms with Crippen LogP contribution >= 0.6 is 0 Å². The number of amides is 2. The highest BCUT2D eigenvalue weighted by molar-refractivity contribution is 5.87. The number of hydrogen-bond acceptors (Lipinski definition) is 10. The van der Waals surface area contributed by atoms with Crippen molar-refractivity contribution in [2.45, 2.75) is 39.2 Å². The van der Waals surface area contributed by atoms with Gasteiger partial charge in [0, 0.05) is 30.7 Å². The molecule has 0 aliphatic rings. The van der Waals surface area contributed by atoms with Gasteiger partial charge in [-0.05, 0) is 44.4 Å². The van der Waals surface area contributed by atoms with Gasteiger partial charge >= 0.3 is 24.1 Å². The average Bonchev–Trinajstić information content (AvgIpc) is 2.90. The first-order valence-corrected chi connectivity index (χ1v) is 12.4. The third kappa shape index (κ3) is 16.4. The maximum Gasteiger partial charge on any atom is 0.407 e. The van der Waals surface area contributed by atoms with E-state index < -0.39 is 30.2 Å². The minimum absolute atomic E-state index is 0.0842. The molecule has 0 bridgehead atoms. The maximum absolute atomic E-state index is 11.7. The van der Waals surface area contributed by atoms with E-state index in [1.165, 1.54) is 0 Å². The Hall–Kier alpha value is -4.06. The number of carbonyl (C=O) groups is 4. The minimum Gasteiger partial charge on any atom is -0.491 e. The lowest BCUT2D eigenvalue weighted by Gasteiger charge is -2.13. The molecule has 0 aliphatic heterocycles. The van der Waals surface area contributed by atoms with Crippen LogP contribution in [0, 0.1) is 0 Å². The van der Waals surface area contributed by atoms with Crippen LogP contribution in [-0.4, -0.2) is 81.5 Å². The molecule has 0 saturated carbocycles. The molecule has 2 amide bonds. The predicted octanol–water partition coefficient (Wildman–Crippen LogP) is 2.44. The van der Waals surface area contributed by atoms with Crippen LogP contribution in [0.4, 0.5) is 9.59 Å². The summed E-state index contributed by atoms with van der Waals surface area (Å²) >= 11 is 0. The van der Waals surface area contributed by atoms with E-state index in [1.807, 2.05) is 0 Å². The Kier molecular flexibility index (Phi) is 16.1. The van der Waals surface area contributed by atoms with Gasteiger partial charge < -0.3 is 39.4 Å². The zero-order valence-corrected chi connectivity index (χ0v) is 22.5. The Bertz CT molecular complexity index is 962. The topological polar surface area (TPSA) is 159 Å². The summed E-state index contributed by atoms with van der Waals surface area (Å²) in [6.07, 6.45) is -0.936. The van der Waals surface area contributed by atoms with Crippen molar-refractivity contribution in [2.75, 3.05) is 46.1 Å². The summed E-state index contributed by atoms with van der Waals surface area (Å²) in [7, 11) is 0. The Labute approximate surface area is 228 Å². The number of benzene rings is 1. The second-order valence-corrected chi connectivity index (χ2v) is 8.49. The second-order valence-electron chi connectivity index (χ2n) is 8.49. The van der Waals surface area contributed by atoms with Crippen LogP contribution in [0.15, 0.2) is 48.6 Å². The summed E-state index contributed by atoms with van der Waals surface area (Å²) in [5.41, 5.74) is 1.54. The van der Waals surface area contributed by atoms with E-state index in [2.05, 4.69) is 23.8 Å². The smallest absolute Gasteiger partial charge is 0.407 e. The maximum atomic E-state index is 11.7. The largest absolute Gasteiger partial charge is 0.491 e. The lowest BCUT2D eigenvalue weighted by atomic mass is 10.1. The number of esters is 2. The molecule has 1 unspecified atom stereocenters. The number of alkyl carbamates (subject to hydrolysis) is 2. The van der Waals surface area contributed by atoms with Gasteiger partial charge in [0.1, 0.15) is 25.1 Å². The van der Waals surface area contributed by atoms with Crippen molar-refractivity contribution in [3.8, 4) is 5.75 Å². The average molecular weight is 551 g/mol. The zero-order chi connectivity index (χ0) is 29.0. The summed E-state index contributed by atoms with van der Waals surface area (Å²) < 4.78 is 25.4. The lowest BCUT2D eigenvalue weighted by Crippen LogP contribution is -2.31. The van der Waals surface area contributed by atoms with Crippen LogP contribution < -0.4 is 15.4 Å². The molecule has 216 valence electrons. The first kappa shape index (κ1) is 33.0. The Balaban J connectivity index is 2.12. The van der Waals surface area contributed by atoms with E-state index in [1.54, 1.807) is 38.1 Å². The number of rotatable bonds is 18. The number of hydrogen-bond donors (Lipinski definition) is 3.